The molecule has 0 atom stereocenters. The van der Waals surface area contributed by atoms with Crippen molar-refractivity contribution in [2.24, 2.45) is 0 Å². The quantitative estimate of drug-likeness (QED) is 0.583. The van der Waals surface area contributed by atoms with Gasteiger partial charge in [-0.1, -0.05) is 30.9 Å². The van der Waals surface area contributed by atoms with Gasteiger partial charge in [0.1, 0.15) is 0 Å². The normalized spacial score (nSPS) is 10.4. The van der Waals surface area contributed by atoms with Crippen LogP contribution >= 0.6 is 0 Å². The van der Waals surface area contributed by atoms with Gasteiger partial charge in [-0.15, -0.1) is 0 Å². The van der Waals surface area contributed by atoms with Crippen LogP contribution in [0.3, 0.4) is 0 Å². The first kappa shape index (κ1) is 11.0. The first-order chi connectivity index (χ1) is 7.09. The highest BCUT2D eigenvalue weighted by atomic mass is 16.4. The van der Waals surface area contributed by atoms with Gasteiger partial charge >= 0.3 is 5.97 Å². The van der Waals surface area contributed by atoms with E-state index in [0.717, 1.165) is 5.56 Å². The lowest BCUT2D eigenvalue weighted by molar-refractivity contribution is -0.132. The van der Waals surface area contributed by atoms with E-state index in [2.05, 4.69) is 6.58 Å². The second-order valence-electron chi connectivity index (χ2n) is 3.18. The van der Waals surface area contributed by atoms with Crippen molar-refractivity contribution in [1.82, 2.24) is 0 Å². The van der Waals surface area contributed by atoms with Crippen LogP contribution in [0.5, 0.6) is 0 Å². The number of aliphatic carboxylic acids is 1. The highest BCUT2D eigenvalue weighted by Crippen LogP contribution is 2.08. The summed E-state index contributed by atoms with van der Waals surface area (Å²) in [7, 11) is 0. The lowest BCUT2D eigenvalue weighted by atomic mass is 10.1. The maximum atomic E-state index is 10.4. The number of carboxylic acid groups (broad SMARTS) is 1. The number of hydrogen-bond donors (Lipinski definition) is 2. The van der Waals surface area contributed by atoms with Crippen molar-refractivity contribution in [3.63, 3.8) is 0 Å². The second-order valence-corrected chi connectivity index (χ2v) is 3.18. The molecule has 78 valence electrons. The molecule has 0 aliphatic heterocycles. The smallest absolute Gasteiger partial charge is 0.331 e. The Morgan fingerprint density at radius 3 is 2.53 bits per heavy atom. The van der Waals surface area contributed by atoms with Crippen molar-refractivity contribution >= 4 is 17.7 Å². The maximum absolute atomic E-state index is 10.4. The summed E-state index contributed by atoms with van der Waals surface area (Å²) in [5, 5.41) is 8.57. The maximum Gasteiger partial charge on any atom is 0.331 e. The van der Waals surface area contributed by atoms with E-state index in [1.54, 1.807) is 18.2 Å². The van der Waals surface area contributed by atoms with Crippen LogP contribution in [0.25, 0.3) is 6.08 Å². The number of nitrogens with two attached hydrogens (primary N) is 1. The number of carbonyl (C=O) groups is 1. The third kappa shape index (κ3) is 3.68. The van der Waals surface area contributed by atoms with Crippen LogP contribution in [0, 0.1) is 0 Å². The molecular formula is C12H13NO2. The van der Waals surface area contributed by atoms with Crippen LogP contribution in [0.15, 0.2) is 42.5 Å². The minimum atomic E-state index is -0.961. The molecule has 0 aromatic heterocycles. The monoisotopic (exact) mass is 203 g/mol. The highest BCUT2D eigenvalue weighted by Gasteiger charge is 1.99. The molecule has 0 aliphatic carbocycles. The summed E-state index contributed by atoms with van der Waals surface area (Å²) in [6.07, 6.45) is 3.95. The Hall–Kier alpha value is -2.03. The largest absolute Gasteiger partial charge is 0.478 e. The SMILES string of the molecule is C=C(CC=Cc1ccc(N)cc1)C(=O)O. The molecule has 3 nitrogen and oxygen atoms in total. The number of benzene rings is 1. The molecule has 0 aliphatic rings. The van der Waals surface area contributed by atoms with Gasteiger partial charge in [0, 0.05) is 11.3 Å². The van der Waals surface area contributed by atoms with E-state index < -0.39 is 5.97 Å². The van der Waals surface area contributed by atoms with Crippen molar-refractivity contribution in [3.8, 4) is 0 Å². The van der Waals surface area contributed by atoms with Gasteiger partial charge in [-0.3, -0.25) is 0 Å². The van der Waals surface area contributed by atoms with Crippen LogP contribution in [0.4, 0.5) is 5.69 Å². The van der Waals surface area contributed by atoms with Crippen molar-refractivity contribution in [2.75, 3.05) is 5.73 Å². The number of allylic oxidation sites excluding steroid dienone is 1. The van der Waals surface area contributed by atoms with Crippen LogP contribution in [-0.4, -0.2) is 11.1 Å². The van der Waals surface area contributed by atoms with Gasteiger partial charge in [0.2, 0.25) is 0 Å². The molecule has 1 rings (SSSR count). The standard InChI is InChI=1S/C12H13NO2/c1-9(12(14)15)3-2-4-10-5-7-11(13)8-6-10/h2,4-8H,1,3,13H2,(H,14,15). The minimum absolute atomic E-state index is 0.182. The lowest BCUT2D eigenvalue weighted by Crippen LogP contribution is -1.96. The van der Waals surface area contributed by atoms with E-state index >= 15 is 0 Å². The van der Waals surface area contributed by atoms with E-state index in [0.29, 0.717) is 12.1 Å². The Kier molecular flexibility index (Phi) is 3.68. The summed E-state index contributed by atoms with van der Waals surface area (Å²) in [5.41, 5.74) is 7.41. The van der Waals surface area contributed by atoms with E-state index in [1.807, 2.05) is 18.2 Å². The summed E-state index contributed by atoms with van der Waals surface area (Å²) < 4.78 is 0. The van der Waals surface area contributed by atoms with Gasteiger partial charge in [-0.25, -0.2) is 4.79 Å². The van der Waals surface area contributed by atoms with Crippen LogP contribution in [-0.2, 0) is 4.79 Å². The second kappa shape index (κ2) is 5.00. The Bertz CT molecular complexity index is 391. The Labute approximate surface area is 88.5 Å². The summed E-state index contributed by atoms with van der Waals surface area (Å²) in [6.45, 7) is 3.43. The van der Waals surface area contributed by atoms with Crippen molar-refractivity contribution in [2.45, 2.75) is 6.42 Å². The fourth-order valence-corrected chi connectivity index (χ4v) is 1.03. The zero-order valence-corrected chi connectivity index (χ0v) is 8.31. The summed E-state index contributed by atoms with van der Waals surface area (Å²) in [5.74, 6) is -0.961. The average molecular weight is 203 g/mol. The number of nitrogen functional groups attached to an aromatic ring is 1. The molecule has 0 amide bonds. The summed E-state index contributed by atoms with van der Waals surface area (Å²) in [4.78, 5) is 10.4. The molecule has 15 heavy (non-hydrogen) atoms. The number of hydrogen-bond acceptors (Lipinski definition) is 2. The fourth-order valence-electron chi connectivity index (χ4n) is 1.03. The molecule has 1 aromatic rings. The molecule has 3 heteroatoms. The van der Waals surface area contributed by atoms with Crippen LogP contribution < -0.4 is 5.73 Å². The molecular weight excluding hydrogens is 190 g/mol. The zero-order chi connectivity index (χ0) is 11.3. The molecule has 0 saturated heterocycles. The topological polar surface area (TPSA) is 63.3 Å². The van der Waals surface area contributed by atoms with Gasteiger partial charge in [-0.05, 0) is 24.1 Å². The molecule has 1 aromatic carbocycles. The average Bonchev–Trinajstić information content (AvgIpc) is 2.20. The van der Waals surface area contributed by atoms with E-state index in [-0.39, 0.29) is 5.57 Å². The lowest BCUT2D eigenvalue weighted by Gasteiger charge is -1.95. The van der Waals surface area contributed by atoms with Gasteiger partial charge in [0.15, 0.2) is 0 Å². The number of carboxylic acids is 1. The van der Waals surface area contributed by atoms with E-state index in [1.165, 1.54) is 0 Å². The van der Waals surface area contributed by atoms with Crippen molar-refractivity contribution in [3.05, 3.63) is 48.1 Å². The molecule has 3 N–H and O–H groups in total. The van der Waals surface area contributed by atoms with Gasteiger partial charge in [0.25, 0.3) is 0 Å². The zero-order valence-electron chi connectivity index (χ0n) is 8.31. The predicted octanol–water partition coefficient (Wildman–Crippen LogP) is 2.31. The molecule has 0 radical (unpaired) electrons. The summed E-state index contributed by atoms with van der Waals surface area (Å²) >= 11 is 0. The van der Waals surface area contributed by atoms with Gasteiger partial charge in [0.05, 0.1) is 0 Å². The molecule has 0 fully saturated rings. The third-order valence-electron chi connectivity index (χ3n) is 1.91. The minimum Gasteiger partial charge on any atom is -0.478 e. The number of rotatable bonds is 4. The van der Waals surface area contributed by atoms with E-state index in [4.69, 9.17) is 10.8 Å². The number of anilines is 1. The van der Waals surface area contributed by atoms with Gasteiger partial charge in [-0.2, -0.15) is 0 Å². The van der Waals surface area contributed by atoms with Crippen LogP contribution in [0.2, 0.25) is 0 Å². The van der Waals surface area contributed by atoms with Gasteiger partial charge < -0.3 is 10.8 Å². The molecule has 0 saturated carbocycles. The Balaban J connectivity index is 2.55. The first-order valence-electron chi connectivity index (χ1n) is 4.53. The fraction of sp³-hybridized carbons (Fsp3) is 0.0833. The van der Waals surface area contributed by atoms with Crippen molar-refractivity contribution in [1.29, 1.82) is 0 Å². The van der Waals surface area contributed by atoms with Crippen molar-refractivity contribution < 1.29 is 9.90 Å². The van der Waals surface area contributed by atoms with E-state index in [9.17, 15) is 4.79 Å². The molecule has 0 heterocycles. The molecule has 0 bridgehead atoms. The first-order valence-corrected chi connectivity index (χ1v) is 4.53. The van der Waals surface area contributed by atoms with Crippen LogP contribution in [0.1, 0.15) is 12.0 Å². The predicted molar refractivity (Wildman–Crippen MR) is 61.3 cm³/mol. The molecule has 0 unspecified atom stereocenters. The molecule has 0 spiro atoms. The highest BCUT2D eigenvalue weighted by molar-refractivity contribution is 5.86. The third-order valence-corrected chi connectivity index (χ3v) is 1.91. The Morgan fingerprint density at radius 2 is 2.00 bits per heavy atom. The summed E-state index contributed by atoms with van der Waals surface area (Å²) in [6, 6.07) is 7.34. The Morgan fingerprint density at radius 1 is 1.40 bits per heavy atom.